The molecule has 4 nitrogen and oxygen atoms in total. The average Bonchev–Trinajstić information content (AvgIpc) is 2.25. The van der Waals surface area contributed by atoms with Crippen molar-refractivity contribution in [3.05, 3.63) is 33.4 Å². The summed E-state index contributed by atoms with van der Waals surface area (Å²) in [5.41, 5.74) is 6.36. The van der Waals surface area contributed by atoms with Crippen LogP contribution in [0.2, 0.25) is 15.1 Å². The van der Waals surface area contributed by atoms with E-state index in [1.807, 2.05) is 0 Å². The van der Waals surface area contributed by atoms with Gasteiger partial charge in [-0.25, -0.2) is 4.98 Å². The Kier molecular flexibility index (Phi) is 3.14. The maximum absolute atomic E-state index is 6.02. The number of hydrogen-bond acceptors (Lipinski definition) is 4. The van der Waals surface area contributed by atoms with Crippen molar-refractivity contribution in [2.24, 2.45) is 0 Å². The molecule has 1 heterocycles. The second-order valence-corrected chi connectivity index (χ2v) is 4.17. The Bertz CT molecular complexity index is 527. The zero-order chi connectivity index (χ0) is 11.7. The van der Waals surface area contributed by atoms with E-state index >= 15 is 0 Å². The van der Waals surface area contributed by atoms with Gasteiger partial charge in [0.25, 0.3) is 0 Å². The van der Waals surface area contributed by atoms with Gasteiger partial charge in [0.1, 0.15) is 5.69 Å². The highest BCUT2D eigenvalue weighted by Crippen LogP contribution is 2.35. The van der Waals surface area contributed by atoms with Gasteiger partial charge in [0, 0.05) is 10.6 Å². The van der Waals surface area contributed by atoms with Crippen LogP contribution in [-0.4, -0.2) is 15.2 Å². The Labute approximate surface area is 106 Å². The minimum Gasteiger partial charge on any atom is -0.366 e. The lowest BCUT2D eigenvalue weighted by Gasteiger charge is -2.05. The molecule has 1 aromatic carbocycles. The zero-order valence-electron chi connectivity index (χ0n) is 7.78. The number of benzene rings is 1. The molecule has 7 heteroatoms. The monoisotopic (exact) mass is 274 g/mol. The number of nitrogens with two attached hydrogens (primary N) is 1. The molecular weight excluding hydrogens is 270 g/mol. The van der Waals surface area contributed by atoms with E-state index in [1.165, 1.54) is 6.20 Å². The van der Waals surface area contributed by atoms with Crippen molar-refractivity contribution >= 4 is 40.8 Å². The first kappa shape index (κ1) is 11.4. The summed E-state index contributed by atoms with van der Waals surface area (Å²) in [6.07, 6.45) is 1.45. The summed E-state index contributed by atoms with van der Waals surface area (Å²) in [6.45, 7) is 0. The second kappa shape index (κ2) is 4.41. The molecule has 16 heavy (non-hydrogen) atoms. The number of hydrogen-bond donors (Lipinski definition) is 1. The largest absolute Gasteiger partial charge is 0.366 e. The number of aromatic nitrogens is 3. The number of rotatable bonds is 1. The molecule has 0 aliphatic rings. The summed E-state index contributed by atoms with van der Waals surface area (Å²) < 4.78 is 0. The van der Waals surface area contributed by atoms with Gasteiger partial charge in [-0.2, -0.15) is 0 Å². The van der Waals surface area contributed by atoms with Crippen molar-refractivity contribution in [1.29, 1.82) is 0 Å². The van der Waals surface area contributed by atoms with Crippen molar-refractivity contribution in [2.75, 3.05) is 5.73 Å². The first-order chi connectivity index (χ1) is 7.58. The summed E-state index contributed by atoms with van der Waals surface area (Å²) in [4.78, 5) is 3.82. The van der Waals surface area contributed by atoms with Gasteiger partial charge in [-0.1, -0.05) is 34.8 Å². The van der Waals surface area contributed by atoms with Crippen LogP contribution in [0, 0.1) is 0 Å². The summed E-state index contributed by atoms with van der Waals surface area (Å²) in [5.74, 6) is 0.0907. The molecule has 2 rings (SSSR count). The van der Waals surface area contributed by atoms with Crippen LogP contribution in [0.25, 0.3) is 11.3 Å². The van der Waals surface area contributed by atoms with E-state index in [0.717, 1.165) is 0 Å². The minimum atomic E-state index is 0.0907. The number of nitrogens with zero attached hydrogens (tertiary/aromatic N) is 3. The Balaban J connectivity index is 2.59. The Morgan fingerprint density at radius 2 is 1.81 bits per heavy atom. The highest BCUT2D eigenvalue weighted by Gasteiger charge is 2.11. The van der Waals surface area contributed by atoms with E-state index in [9.17, 15) is 0 Å². The number of nitrogen functional groups attached to an aromatic ring is 1. The van der Waals surface area contributed by atoms with Crippen molar-refractivity contribution in [3.63, 3.8) is 0 Å². The lowest BCUT2D eigenvalue weighted by atomic mass is 10.2. The van der Waals surface area contributed by atoms with Crippen molar-refractivity contribution in [3.8, 4) is 11.3 Å². The molecule has 0 amide bonds. The standard InChI is InChI=1S/C9H5Cl3N4/c10-4-1-5(8(12)6(11)2-4)7-3-14-9(13)16-15-7/h1-3H,(H2,13,14,16). The van der Waals surface area contributed by atoms with Crippen LogP contribution in [0.4, 0.5) is 5.95 Å². The smallest absolute Gasteiger partial charge is 0.240 e. The van der Waals surface area contributed by atoms with Crippen LogP contribution >= 0.6 is 34.8 Å². The summed E-state index contributed by atoms with van der Waals surface area (Å²) >= 11 is 17.8. The van der Waals surface area contributed by atoms with E-state index < -0.39 is 0 Å². The highest BCUT2D eigenvalue weighted by atomic mass is 35.5. The molecule has 1 aromatic heterocycles. The average molecular weight is 276 g/mol. The van der Waals surface area contributed by atoms with Crippen molar-refractivity contribution in [2.45, 2.75) is 0 Å². The maximum atomic E-state index is 6.02. The predicted molar refractivity (Wildman–Crippen MR) is 64.7 cm³/mol. The molecule has 0 fully saturated rings. The van der Waals surface area contributed by atoms with Crippen molar-refractivity contribution in [1.82, 2.24) is 15.2 Å². The van der Waals surface area contributed by atoms with Gasteiger partial charge in [-0.05, 0) is 12.1 Å². The third-order valence-electron chi connectivity index (χ3n) is 1.85. The number of anilines is 1. The molecule has 2 N–H and O–H groups in total. The minimum absolute atomic E-state index is 0.0907. The Hall–Kier alpha value is -1.10. The molecule has 0 aliphatic heterocycles. The SMILES string of the molecule is Nc1ncc(-c2cc(Cl)cc(Cl)c2Cl)nn1. The summed E-state index contributed by atoms with van der Waals surface area (Å²) in [7, 11) is 0. The predicted octanol–water partition coefficient (Wildman–Crippen LogP) is 3.08. The molecule has 0 saturated heterocycles. The van der Waals surface area contributed by atoms with Gasteiger partial charge in [0.05, 0.1) is 16.2 Å². The van der Waals surface area contributed by atoms with Gasteiger partial charge >= 0.3 is 0 Å². The molecule has 0 bridgehead atoms. The van der Waals surface area contributed by atoms with E-state index in [-0.39, 0.29) is 5.95 Å². The van der Waals surface area contributed by atoms with E-state index in [4.69, 9.17) is 40.5 Å². The molecule has 0 saturated carbocycles. The van der Waals surface area contributed by atoms with Gasteiger partial charge in [-0.3, -0.25) is 0 Å². The quantitative estimate of drug-likeness (QED) is 0.812. The fourth-order valence-electron chi connectivity index (χ4n) is 1.15. The van der Waals surface area contributed by atoms with Gasteiger partial charge in [0.15, 0.2) is 0 Å². The topological polar surface area (TPSA) is 64.7 Å². The normalized spacial score (nSPS) is 10.4. The Morgan fingerprint density at radius 1 is 1.06 bits per heavy atom. The van der Waals surface area contributed by atoms with Crippen LogP contribution in [-0.2, 0) is 0 Å². The zero-order valence-corrected chi connectivity index (χ0v) is 10.1. The maximum Gasteiger partial charge on any atom is 0.240 e. The molecule has 2 aromatic rings. The lowest BCUT2D eigenvalue weighted by Crippen LogP contribution is -1.98. The second-order valence-electron chi connectivity index (χ2n) is 2.95. The highest BCUT2D eigenvalue weighted by molar-refractivity contribution is 6.45. The van der Waals surface area contributed by atoms with Crippen LogP contribution < -0.4 is 5.73 Å². The number of halogens is 3. The molecule has 0 unspecified atom stereocenters. The first-order valence-electron chi connectivity index (χ1n) is 4.18. The molecule has 82 valence electrons. The fourth-order valence-corrected chi connectivity index (χ4v) is 1.85. The fraction of sp³-hybridized carbons (Fsp3) is 0. The van der Waals surface area contributed by atoms with E-state index in [1.54, 1.807) is 12.1 Å². The Morgan fingerprint density at radius 3 is 2.44 bits per heavy atom. The van der Waals surface area contributed by atoms with E-state index in [0.29, 0.717) is 26.3 Å². The third kappa shape index (κ3) is 2.19. The molecular formula is C9H5Cl3N4. The first-order valence-corrected chi connectivity index (χ1v) is 5.31. The van der Waals surface area contributed by atoms with Gasteiger partial charge in [-0.15, -0.1) is 10.2 Å². The molecule has 0 aliphatic carbocycles. The van der Waals surface area contributed by atoms with Crippen LogP contribution in [0.3, 0.4) is 0 Å². The molecule has 0 atom stereocenters. The molecule has 0 spiro atoms. The van der Waals surface area contributed by atoms with Crippen LogP contribution in [0.15, 0.2) is 18.3 Å². The summed E-state index contributed by atoms with van der Waals surface area (Å²) in [6, 6.07) is 3.19. The molecule has 0 radical (unpaired) electrons. The van der Waals surface area contributed by atoms with Crippen LogP contribution in [0.5, 0.6) is 0 Å². The van der Waals surface area contributed by atoms with Gasteiger partial charge in [0.2, 0.25) is 5.95 Å². The van der Waals surface area contributed by atoms with Gasteiger partial charge < -0.3 is 5.73 Å². The van der Waals surface area contributed by atoms with Crippen molar-refractivity contribution < 1.29 is 0 Å². The van der Waals surface area contributed by atoms with Crippen LogP contribution in [0.1, 0.15) is 0 Å². The lowest BCUT2D eigenvalue weighted by molar-refractivity contribution is 0.993. The third-order valence-corrected chi connectivity index (χ3v) is 2.87. The summed E-state index contributed by atoms with van der Waals surface area (Å²) in [5, 5.41) is 8.64. The van der Waals surface area contributed by atoms with E-state index in [2.05, 4.69) is 15.2 Å².